The first-order valence-corrected chi connectivity index (χ1v) is 5.56. The first-order valence-electron chi connectivity index (χ1n) is 5.56. The Morgan fingerprint density at radius 3 is 3.00 bits per heavy atom. The van der Waals surface area contributed by atoms with Crippen LogP contribution in [0, 0.1) is 0 Å². The van der Waals surface area contributed by atoms with E-state index >= 15 is 0 Å². The van der Waals surface area contributed by atoms with Crippen molar-refractivity contribution < 1.29 is 19.1 Å². The Morgan fingerprint density at radius 1 is 1.47 bits per heavy atom. The zero-order chi connectivity index (χ0) is 12.3. The van der Waals surface area contributed by atoms with E-state index in [4.69, 9.17) is 14.3 Å². The van der Waals surface area contributed by atoms with Gasteiger partial charge >= 0.3 is 5.97 Å². The van der Waals surface area contributed by atoms with Gasteiger partial charge in [0, 0.05) is 5.39 Å². The number of ether oxygens (including phenoxy) is 1. The lowest BCUT2D eigenvalue weighted by atomic mass is 10.2. The molecule has 1 aromatic heterocycles. The second kappa shape index (κ2) is 4.91. The van der Waals surface area contributed by atoms with Gasteiger partial charge in [0.1, 0.15) is 12.2 Å². The maximum Gasteiger partial charge on any atom is 0.311 e. The molecule has 1 heterocycles. The third kappa shape index (κ3) is 2.58. The minimum atomic E-state index is -0.903. The lowest BCUT2D eigenvalue weighted by Crippen LogP contribution is -1.97. The molecule has 0 aliphatic carbocycles. The highest BCUT2D eigenvalue weighted by Crippen LogP contribution is 2.29. The number of aliphatic carboxylic acids is 1. The van der Waals surface area contributed by atoms with Crippen LogP contribution in [0.5, 0.6) is 5.75 Å². The summed E-state index contributed by atoms with van der Waals surface area (Å²) in [6.07, 6.45) is 0.807. The first kappa shape index (κ1) is 11.5. The zero-order valence-corrected chi connectivity index (χ0v) is 9.60. The second-order valence-electron chi connectivity index (χ2n) is 3.81. The number of carboxylic acids is 1. The van der Waals surface area contributed by atoms with Gasteiger partial charge < -0.3 is 14.3 Å². The maximum absolute atomic E-state index is 10.6. The molecule has 0 aliphatic rings. The summed E-state index contributed by atoms with van der Waals surface area (Å²) in [7, 11) is 0. The molecule has 4 nitrogen and oxygen atoms in total. The van der Waals surface area contributed by atoms with E-state index < -0.39 is 5.97 Å². The molecule has 1 N–H and O–H groups in total. The Kier molecular flexibility index (Phi) is 3.32. The number of benzene rings is 1. The number of carbonyl (C=O) groups is 1. The monoisotopic (exact) mass is 234 g/mol. The van der Waals surface area contributed by atoms with Crippen molar-refractivity contribution in [2.24, 2.45) is 0 Å². The molecule has 0 saturated heterocycles. The van der Waals surface area contributed by atoms with Gasteiger partial charge in [-0.15, -0.1) is 0 Å². The van der Waals surface area contributed by atoms with Crippen molar-refractivity contribution in [3.63, 3.8) is 0 Å². The molecule has 0 amide bonds. The fourth-order valence-corrected chi connectivity index (χ4v) is 1.65. The Hall–Kier alpha value is -1.97. The van der Waals surface area contributed by atoms with Crippen molar-refractivity contribution in [2.75, 3.05) is 6.61 Å². The van der Waals surface area contributed by atoms with Crippen LogP contribution in [-0.2, 0) is 11.2 Å². The van der Waals surface area contributed by atoms with Crippen molar-refractivity contribution in [1.82, 2.24) is 0 Å². The van der Waals surface area contributed by atoms with E-state index in [2.05, 4.69) is 0 Å². The molecule has 0 bridgehead atoms. The topological polar surface area (TPSA) is 59.7 Å². The van der Waals surface area contributed by atoms with Crippen molar-refractivity contribution in [2.45, 2.75) is 19.8 Å². The van der Waals surface area contributed by atoms with Crippen LogP contribution >= 0.6 is 0 Å². The van der Waals surface area contributed by atoms with Gasteiger partial charge in [0.15, 0.2) is 11.3 Å². The number of para-hydroxylation sites is 1. The van der Waals surface area contributed by atoms with E-state index in [1.165, 1.54) is 0 Å². The van der Waals surface area contributed by atoms with Crippen LogP contribution in [0.2, 0.25) is 0 Å². The van der Waals surface area contributed by atoms with Crippen LogP contribution in [0.15, 0.2) is 28.7 Å². The average Bonchev–Trinajstić information content (AvgIpc) is 2.67. The molecule has 90 valence electrons. The molecule has 0 spiro atoms. The molecule has 0 unspecified atom stereocenters. The van der Waals surface area contributed by atoms with E-state index in [0.717, 1.165) is 11.8 Å². The average molecular weight is 234 g/mol. The normalized spacial score (nSPS) is 10.6. The molecule has 1 aromatic carbocycles. The van der Waals surface area contributed by atoms with Crippen LogP contribution in [-0.4, -0.2) is 17.7 Å². The Labute approximate surface area is 98.8 Å². The summed E-state index contributed by atoms with van der Waals surface area (Å²) in [5, 5.41) is 9.58. The number of fused-ring (bicyclic) bond motifs is 1. The quantitative estimate of drug-likeness (QED) is 0.864. The Bertz CT molecular complexity index is 527. The van der Waals surface area contributed by atoms with E-state index in [0.29, 0.717) is 23.7 Å². The van der Waals surface area contributed by atoms with Crippen LogP contribution in [0.4, 0.5) is 0 Å². The summed E-state index contributed by atoms with van der Waals surface area (Å²) in [4.78, 5) is 10.6. The summed E-state index contributed by atoms with van der Waals surface area (Å²) >= 11 is 0. The summed E-state index contributed by atoms with van der Waals surface area (Å²) in [6.45, 7) is 2.65. The number of rotatable bonds is 5. The summed E-state index contributed by atoms with van der Waals surface area (Å²) in [5.41, 5.74) is 0.622. The molecule has 17 heavy (non-hydrogen) atoms. The standard InChI is InChI=1S/C13H14O4/c1-2-6-16-11-5-3-4-9-7-10(8-12(14)15)17-13(9)11/h3-5,7H,2,6,8H2,1H3,(H,14,15). The number of carboxylic acid groups (broad SMARTS) is 1. The summed E-state index contributed by atoms with van der Waals surface area (Å²) in [6, 6.07) is 7.31. The highest BCUT2D eigenvalue weighted by molar-refractivity contribution is 5.84. The van der Waals surface area contributed by atoms with Gasteiger partial charge in [-0.1, -0.05) is 19.1 Å². The fourth-order valence-electron chi connectivity index (χ4n) is 1.65. The molecular weight excluding hydrogens is 220 g/mol. The highest BCUT2D eigenvalue weighted by atomic mass is 16.5. The summed E-state index contributed by atoms with van der Waals surface area (Å²) < 4.78 is 11.0. The van der Waals surface area contributed by atoms with E-state index in [-0.39, 0.29) is 6.42 Å². The molecule has 2 rings (SSSR count). The van der Waals surface area contributed by atoms with Gasteiger partial charge in [-0.25, -0.2) is 0 Å². The predicted molar refractivity (Wildman–Crippen MR) is 63.3 cm³/mol. The number of hydrogen-bond donors (Lipinski definition) is 1. The molecule has 0 atom stereocenters. The second-order valence-corrected chi connectivity index (χ2v) is 3.81. The third-order valence-corrected chi connectivity index (χ3v) is 2.35. The predicted octanol–water partition coefficient (Wildman–Crippen LogP) is 2.85. The summed E-state index contributed by atoms with van der Waals surface area (Å²) in [5.74, 6) is 0.209. The maximum atomic E-state index is 10.6. The van der Waals surface area contributed by atoms with Crippen LogP contribution in [0.25, 0.3) is 11.0 Å². The van der Waals surface area contributed by atoms with Gasteiger partial charge in [0.25, 0.3) is 0 Å². The van der Waals surface area contributed by atoms with Gasteiger partial charge in [-0.2, -0.15) is 0 Å². The van der Waals surface area contributed by atoms with Crippen molar-refractivity contribution in [1.29, 1.82) is 0 Å². The molecular formula is C13H14O4. The smallest absolute Gasteiger partial charge is 0.311 e. The van der Waals surface area contributed by atoms with E-state index in [1.54, 1.807) is 6.07 Å². The molecule has 4 heteroatoms. The van der Waals surface area contributed by atoms with Gasteiger partial charge in [-0.3, -0.25) is 4.79 Å². The van der Waals surface area contributed by atoms with Gasteiger partial charge in [-0.05, 0) is 18.6 Å². The Morgan fingerprint density at radius 2 is 2.29 bits per heavy atom. The van der Waals surface area contributed by atoms with Gasteiger partial charge in [0.2, 0.25) is 0 Å². The molecule has 0 aliphatic heterocycles. The van der Waals surface area contributed by atoms with E-state index in [9.17, 15) is 4.79 Å². The van der Waals surface area contributed by atoms with Crippen LogP contribution in [0.1, 0.15) is 19.1 Å². The first-order chi connectivity index (χ1) is 8.20. The number of furan rings is 1. The van der Waals surface area contributed by atoms with Crippen molar-refractivity contribution in [3.05, 3.63) is 30.0 Å². The molecule has 2 aromatic rings. The highest BCUT2D eigenvalue weighted by Gasteiger charge is 2.11. The van der Waals surface area contributed by atoms with Crippen molar-refractivity contribution >= 4 is 16.9 Å². The van der Waals surface area contributed by atoms with Crippen molar-refractivity contribution in [3.8, 4) is 5.75 Å². The minimum absolute atomic E-state index is 0.109. The lowest BCUT2D eigenvalue weighted by Gasteiger charge is -2.03. The number of hydrogen-bond acceptors (Lipinski definition) is 3. The van der Waals surface area contributed by atoms with E-state index in [1.807, 2.05) is 25.1 Å². The molecule has 0 fully saturated rings. The fraction of sp³-hybridized carbons (Fsp3) is 0.308. The van der Waals surface area contributed by atoms with Crippen LogP contribution in [0.3, 0.4) is 0 Å². The molecule has 0 saturated carbocycles. The van der Waals surface area contributed by atoms with Gasteiger partial charge in [0.05, 0.1) is 6.61 Å². The Balaban J connectivity index is 2.34. The lowest BCUT2D eigenvalue weighted by molar-refractivity contribution is -0.136. The zero-order valence-electron chi connectivity index (χ0n) is 9.60. The van der Waals surface area contributed by atoms with Crippen LogP contribution < -0.4 is 4.74 Å². The molecule has 0 radical (unpaired) electrons. The minimum Gasteiger partial charge on any atom is -0.490 e. The SMILES string of the molecule is CCCOc1cccc2cc(CC(=O)O)oc12. The largest absolute Gasteiger partial charge is 0.490 e. The third-order valence-electron chi connectivity index (χ3n) is 2.35.